The van der Waals surface area contributed by atoms with Crippen molar-refractivity contribution in [2.45, 2.75) is 57.0 Å². The second-order valence-corrected chi connectivity index (χ2v) is 8.72. The molecule has 1 aliphatic carbocycles. The first-order valence-electron chi connectivity index (χ1n) is 8.72. The molecule has 0 bridgehead atoms. The van der Waals surface area contributed by atoms with Crippen molar-refractivity contribution < 1.29 is 14.2 Å². The molecule has 5 heteroatoms. The zero-order valence-corrected chi connectivity index (χ0v) is 18.2. The minimum atomic E-state index is -0.566. The second-order valence-electron chi connectivity index (χ2n) is 6.25. The van der Waals surface area contributed by atoms with Gasteiger partial charge in [0.25, 0.3) is 0 Å². The quantitative estimate of drug-likeness (QED) is 0.494. The summed E-state index contributed by atoms with van der Waals surface area (Å²) in [5.74, 6) is -0.566. The van der Waals surface area contributed by atoms with Crippen LogP contribution in [0, 0.1) is 0 Å². The molecule has 1 saturated carbocycles. The fourth-order valence-electron chi connectivity index (χ4n) is 3.53. The number of halogens is 1. The van der Waals surface area contributed by atoms with Crippen molar-refractivity contribution in [3.63, 3.8) is 0 Å². The summed E-state index contributed by atoms with van der Waals surface area (Å²) in [6.45, 7) is 6.13. The van der Waals surface area contributed by atoms with Gasteiger partial charge in [0.1, 0.15) is 5.22 Å². The lowest BCUT2D eigenvalue weighted by Crippen LogP contribution is -2.61. The van der Waals surface area contributed by atoms with Crippen LogP contribution in [0.5, 0.6) is 0 Å². The molecule has 2 rings (SSSR count). The molecule has 0 aliphatic heterocycles. The molecule has 0 spiro atoms. The highest BCUT2D eigenvalue weighted by molar-refractivity contribution is 9.10. The second kappa shape index (κ2) is 8.76. The highest BCUT2D eigenvalue weighted by Gasteiger charge is 2.52. The van der Waals surface area contributed by atoms with Crippen LogP contribution >= 0.6 is 15.9 Å². The molecule has 2 atom stereocenters. The Morgan fingerprint density at radius 3 is 2.43 bits per heavy atom. The summed E-state index contributed by atoms with van der Waals surface area (Å²) in [7, 11) is 0.915. The minimum absolute atomic E-state index is 0.232. The van der Waals surface area contributed by atoms with Gasteiger partial charge in [0, 0.05) is 24.1 Å². The van der Waals surface area contributed by atoms with Crippen LogP contribution in [0.2, 0.25) is 0 Å². The first-order chi connectivity index (χ1) is 11.1. The molecule has 1 aliphatic rings. The van der Waals surface area contributed by atoms with Gasteiger partial charge in [-0.05, 0) is 44.7 Å². The minimum Gasteiger partial charge on any atom is -0.374 e. The van der Waals surface area contributed by atoms with Crippen LogP contribution < -0.4 is 0 Å². The molecule has 2 unspecified atom stereocenters. The summed E-state index contributed by atoms with van der Waals surface area (Å²) in [6.07, 6.45) is 5.19. The molecular formula is C18H29BrO3Si. The Kier molecular flexibility index (Phi) is 7.29. The van der Waals surface area contributed by atoms with Crippen LogP contribution in [0.1, 0.15) is 45.1 Å². The molecule has 1 aromatic rings. The standard InChI is InChI=1S/C18H29BrO3Si/c1-3-20-17(12-7-8-13-18(17,23)21-4-2)22-14-11-15-9-5-6-10-16(15)19/h5-6,9-10H,3-4,7-8,11-14H2,1-2,23H3. The fraction of sp³-hybridized carbons (Fsp3) is 0.667. The van der Waals surface area contributed by atoms with Crippen molar-refractivity contribution in [3.8, 4) is 0 Å². The summed E-state index contributed by atoms with van der Waals surface area (Å²) in [5, 5.41) is -0.232. The van der Waals surface area contributed by atoms with E-state index in [1.54, 1.807) is 0 Å². The molecule has 0 radical (unpaired) electrons. The maximum Gasteiger partial charge on any atom is 0.193 e. The molecule has 3 nitrogen and oxygen atoms in total. The van der Waals surface area contributed by atoms with Crippen LogP contribution in [0.15, 0.2) is 28.7 Å². The number of hydrogen-bond acceptors (Lipinski definition) is 3. The monoisotopic (exact) mass is 400 g/mol. The third-order valence-electron chi connectivity index (χ3n) is 4.72. The van der Waals surface area contributed by atoms with E-state index in [-0.39, 0.29) is 5.22 Å². The van der Waals surface area contributed by atoms with Crippen molar-refractivity contribution in [2.24, 2.45) is 0 Å². The lowest BCUT2D eigenvalue weighted by Gasteiger charge is -2.50. The zero-order chi connectivity index (χ0) is 16.8. The molecule has 0 aromatic heterocycles. The molecule has 0 N–H and O–H groups in total. The average molecular weight is 401 g/mol. The topological polar surface area (TPSA) is 27.7 Å². The number of benzene rings is 1. The van der Waals surface area contributed by atoms with E-state index in [1.165, 1.54) is 12.0 Å². The van der Waals surface area contributed by atoms with E-state index in [0.717, 1.165) is 40.4 Å². The van der Waals surface area contributed by atoms with Crippen LogP contribution in [0.4, 0.5) is 0 Å². The third kappa shape index (κ3) is 4.45. The summed E-state index contributed by atoms with van der Waals surface area (Å²) in [6, 6.07) is 8.31. The lowest BCUT2D eigenvalue weighted by atomic mass is 9.89. The lowest BCUT2D eigenvalue weighted by molar-refractivity contribution is -0.317. The van der Waals surface area contributed by atoms with Gasteiger partial charge in [-0.15, -0.1) is 0 Å². The molecule has 1 aromatic carbocycles. The molecule has 0 saturated heterocycles. The van der Waals surface area contributed by atoms with Crippen LogP contribution in [-0.4, -0.2) is 41.1 Å². The SMILES string of the molecule is CCOC1([SiH3])CCCCC1(OCC)OCCc1ccccc1Br. The average Bonchev–Trinajstić information content (AvgIpc) is 2.53. The van der Waals surface area contributed by atoms with E-state index in [0.29, 0.717) is 19.8 Å². The summed E-state index contributed by atoms with van der Waals surface area (Å²) in [5.41, 5.74) is 1.27. The summed E-state index contributed by atoms with van der Waals surface area (Å²) >= 11 is 3.61. The summed E-state index contributed by atoms with van der Waals surface area (Å²) in [4.78, 5) is 0. The maximum absolute atomic E-state index is 6.40. The predicted molar refractivity (Wildman–Crippen MR) is 101 cm³/mol. The van der Waals surface area contributed by atoms with E-state index in [1.807, 2.05) is 13.0 Å². The Morgan fingerprint density at radius 2 is 1.74 bits per heavy atom. The Bertz CT molecular complexity index is 491. The highest BCUT2D eigenvalue weighted by Crippen LogP contribution is 2.42. The van der Waals surface area contributed by atoms with Gasteiger partial charge in [-0.25, -0.2) is 0 Å². The van der Waals surface area contributed by atoms with E-state index in [2.05, 4.69) is 41.1 Å². The zero-order valence-electron chi connectivity index (χ0n) is 14.6. The van der Waals surface area contributed by atoms with Gasteiger partial charge < -0.3 is 14.2 Å². The molecule has 0 heterocycles. The molecule has 23 heavy (non-hydrogen) atoms. The van der Waals surface area contributed by atoms with Crippen LogP contribution in [0.3, 0.4) is 0 Å². The smallest absolute Gasteiger partial charge is 0.193 e. The van der Waals surface area contributed by atoms with Crippen molar-refractivity contribution in [1.29, 1.82) is 0 Å². The normalized spacial score (nSPS) is 28.1. The van der Waals surface area contributed by atoms with Gasteiger partial charge in [0.2, 0.25) is 0 Å². The Morgan fingerprint density at radius 1 is 1.04 bits per heavy atom. The largest absolute Gasteiger partial charge is 0.374 e. The van der Waals surface area contributed by atoms with E-state index in [4.69, 9.17) is 14.2 Å². The van der Waals surface area contributed by atoms with Gasteiger partial charge in [0.05, 0.1) is 16.8 Å². The predicted octanol–water partition coefficient (Wildman–Crippen LogP) is 3.41. The van der Waals surface area contributed by atoms with Gasteiger partial charge in [-0.2, -0.15) is 0 Å². The van der Waals surface area contributed by atoms with Gasteiger partial charge in [0.15, 0.2) is 5.79 Å². The van der Waals surface area contributed by atoms with Crippen molar-refractivity contribution in [2.75, 3.05) is 19.8 Å². The number of ether oxygens (including phenoxy) is 3. The molecule has 130 valence electrons. The molecule has 0 amide bonds. The third-order valence-corrected chi connectivity index (χ3v) is 7.04. The number of hydrogen-bond donors (Lipinski definition) is 0. The van der Waals surface area contributed by atoms with E-state index >= 15 is 0 Å². The number of rotatable bonds is 8. The molecule has 1 fully saturated rings. The first-order valence-corrected chi connectivity index (χ1v) is 10.5. The first kappa shape index (κ1) is 19.1. The Labute approximate surface area is 151 Å². The maximum atomic E-state index is 6.40. The highest BCUT2D eigenvalue weighted by atomic mass is 79.9. The Balaban J connectivity index is 2.08. The van der Waals surface area contributed by atoms with Crippen molar-refractivity contribution >= 4 is 26.2 Å². The summed E-state index contributed by atoms with van der Waals surface area (Å²) < 4.78 is 19.9. The Hall–Kier alpha value is -0.203. The van der Waals surface area contributed by atoms with Gasteiger partial charge >= 0.3 is 0 Å². The van der Waals surface area contributed by atoms with E-state index in [9.17, 15) is 0 Å². The van der Waals surface area contributed by atoms with Crippen molar-refractivity contribution in [1.82, 2.24) is 0 Å². The van der Waals surface area contributed by atoms with E-state index < -0.39 is 5.79 Å². The van der Waals surface area contributed by atoms with Crippen molar-refractivity contribution in [3.05, 3.63) is 34.3 Å². The molecular weight excluding hydrogens is 372 g/mol. The van der Waals surface area contributed by atoms with Gasteiger partial charge in [-0.1, -0.05) is 40.5 Å². The van der Waals surface area contributed by atoms with Crippen LogP contribution in [0.25, 0.3) is 0 Å². The van der Waals surface area contributed by atoms with Gasteiger partial charge in [-0.3, -0.25) is 0 Å². The van der Waals surface area contributed by atoms with Crippen LogP contribution in [-0.2, 0) is 20.6 Å². The fourth-order valence-corrected chi connectivity index (χ4v) is 5.19.